The van der Waals surface area contributed by atoms with E-state index in [0.717, 1.165) is 5.39 Å². The zero-order valence-corrected chi connectivity index (χ0v) is 17.4. The standard InChI is InChI=1S/C20H19N3O4S2/c1-21-20(28)23-22-13-14-10-11-17(18(12-14)26-2)27-29(24,25)19-9-5-7-15-6-3-4-8-16(15)19/h3-13H,1-2H3,(H2,21,23,28)/b22-13+. The molecule has 0 heterocycles. The summed E-state index contributed by atoms with van der Waals surface area (Å²) in [7, 11) is -0.959. The number of rotatable bonds is 6. The van der Waals surface area contributed by atoms with E-state index in [2.05, 4.69) is 15.8 Å². The van der Waals surface area contributed by atoms with Crippen molar-refractivity contribution in [2.75, 3.05) is 14.2 Å². The van der Waals surface area contributed by atoms with Crippen LogP contribution >= 0.6 is 12.2 Å². The van der Waals surface area contributed by atoms with Crippen LogP contribution in [-0.4, -0.2) is 33.9 Å². The third kappa shape index (κ3) is 4.82. The Hall–Kier alpha value is -3.17. The van der Waals surface area contributed by atoms with Gasteiger partial charge in [0.25, 0.3) is 0 Å². The molecule has 0 aromatic heterocycles. The summed E-state index contributed by atoms with van der Waals surface area (Å²) < 4.78 is 36.5. The van der Waals surface area contributed by atoms with E-state index >= 15 is 0 Å². The van der Waals surface area contributed by atoms with Gasteiger partial charge in [0, 0.05) is 12.4 Å². The SMILES string of the molecule is CNC(=S)N/N=C/c1ccc(OS(=O)(=O)c2cccc3ccccc23)c(OC)c1. The number of methoxy groups -OCH3 is 1. The van der Waals surface area contributed by atoms with Crippen LogP contribution in [-0.2, 0) is 10.1 Å². The number of benzene rings is 3. The Morgan fingerprint density at radius 2 is 1.83 bits per heavy atom. The Balaban J connectivity index is 1.89. The summed E-state index contributed by atoms with van der Waals surface area (Å²) in [6.45, 7) is 0. The molecule has 3 aromatic carbocycles. The molecule has 29 heavy (non-hydrogen) atoms. The van der Waals surface area contributed by atoms with Crippen LogP contribution in [0.25, 0.3) is 10.8 Å². The van der Waals surface area contributed by atoms with Crippen LogP contribution in [0, 0.1) is 0 Å². The lowest BCUT2D eigenvalue weighted by Gasteiger charge is -2.12. The highest BCUT2D eigenvalue weighted by molar-refractivity contribution is 7.87. The van der Waals surface area contributed by atoms with Gasteiger partial charge in [0.05, 0.1) is 13.3 Å². The molecular weight excluding hydrogens is 410 g/mol. The van der Waals surface area contributed by atoms with Gasteiger partial charge in [-0.25, -0.2) is 0 Å². The van der Waals surface area contributed by atoms with Crippen LogP contribution in [0.3, 0.4) is 0 Å². The molecule has 0 amide bonds. The first-order chi connectivity index (χ1) is 13.9. The molecule has 0 unspecified atom stereocenters. The lowest BCUT2D eigenvalue weighted by molar-refractivity contribution is 0.390. The highest BCUT2D eigenvalue weighted by atomic mass is 32.2. The van der Waals surface area contributed by atoms with Crippen LogP contribution in [0.2, 0.25) is 0 Å². The average molecular weight is 430 g/mol. The Labute approximate surface area is 174 Å². The molecule has 0 aliphatic rings. The number of thiocarbonyl (C=S) groups is 1. The maximum atomic E-state index is 12.9. The molecule has 150 valence electrons. The van der Waals surface area contributed by atoms with Gasteiger partial charge in [0.1, 0.15) is 4.90 Å². The van der Waals surface area contributed by atoms with E-state index in [1.807, 2.05) is 18.2 Å². The van der Waals surface area contributed by atoms with Crippen LogP contribution in [0.4, 0.5) is 0 Å². The maximum absolute atomic E-state index is 12.9. The molecule has 0 fully saturated rings. The van der Waals surface area contributed by atoms with Crippen molar-refractivity contribution in [3.05, 3.63) is 66.2 Å². The van der Waals surface area contributed by atoms with Gasteiger partial charge in [-0.3, -0.25) is 5.43 Å². The molecule has 0 aliphatic carbocycles. The van der Waals surface area contributed by atoms with Crippen molar-refractivity contribution in [2.24, 2.45) is 5.10 Å². The number of ether oxygens (including phenoxy) is 1. The lowest BCUT2D eigenvalue weighted by atomic mass is 10.1. The molecule has 0 atom stereocenters. The fraction of sp³-hybridized carbons (Fsp3) is 0.100. The predicted molar refractivity (Wildman–Crippen MR) is 117 cm³/mol. The smallest absolute Gasteiger partial charge is 0.339 e. The number of hydrazone groups is 1. The first kappa shape index (κ1) is 20.6. The summed E-state index contributed by atoms with van der Waals surface area (Å²) in [5, 5.41) is 8.48. The third-order valence-corrected chi connectivity index (χ3v) is 5.60. The summed E-state index contributed by atoms with van der Waals surface area (Å²) in [6, 6.07) is 17.0. The fourth-order valence-corrected chi connectivity index (χ4v) is 3.85. The summed E-state index contributed by atoms with van der Waals surface area (Å²) >= 11 is 4.93. The molecule has 0 radical (unpaired) electrons. The Morgan fingerprint density at radius 1 is 1.07 bits per heavy atom. The normalized spacial score (nSPS) is 11.4. The van der Waals surface area contributed by atoms with E-state index in [-0.39, 0.29) is 16.4 Å². The second-order valence-electron chi connectivity index (χ2n) is 5.87. The minimum Gasteiger partial charge on any atom is -0.493 e. The molecule has 3 rings (SSSR count). The number of nitrogens with one attached hydrogen (secondary N) is 2. The van der Waals surface area contributed by atoms with E-state index in [0.29, 0.717) is 16.1 Å². The molecule has 0 saturated carbocycles. The van der Waals surface area contributed by atoms with Crippen molar-refractivity contribution in [1.29, 1.82) is 0 Å². The predicted octanol–water partition coefficient (Wildman–Crippen LogP) is 3.04. The van der Waals surface area contributed by atoms with Gasteiger partial charge in [-0.1, -0.05) is 36.4 Å². The fourth-order valence-electron chi connectivity index (χ4n) is 2.63. The lowest BCUT2D eigenvalue weighted by Crippen LogP contribution is -2.28. The molecule has 9 heteroatoms. The molecule has 2 N–H and O–H groups in total. The maximum Gasteiger partial charge on any atom is 0.339 e. The van der Waals surface area contributed by atoms with Crippen molar-refractivity contribution in [3.8, 4) is 11.5 Å². The quantitative estimate of drug-likeness (QED) is 0.269. The highest BCUT2D eigenvalue weighted by Gasteiger charge is 2.21. The molecule has 0 spiro atoms. The molecular formula is C20H19N3O4S2. The van der Waals surface area contributed by atoms with Gasteiger partial charge in [-0.2, -0.15) is 13.5 Å². The number of nitrogens with zero attached hydrogens (tertiary/aromatic N) is 1. The topological polar surface area (TPSA) is 89.0 Å². The Kier molecular flexibility index (Phi) is 6.30. The summed E-state index contributed by atoms with van der Waals surface area (Å²) in [6.07, 6.45) is 1.52. The van der Waals surface area contributed by atoms with Crippen molar-refractivity contribution in [1.82, 2.24) is 10.7 Å². The number of fused-ring (bicyclic) bond motifs is 1. The molecule has 3 aromatic rings. The van der Waals surface area contributed by atoms with Crippen molar-refractivity contribution in [2.45, 2.75) is 4.90 Å². The first-order valence-electron chi connectivity index (χ1n) is 8.55. The van der Waals surface area contributed by atoms with Crippen molar-refractivity contribution < 1.29 is 17.3 Å². The Morgan fingerprint density at radius 3 is 2.59 bits per heavy atom. The van der Waals surface area contributed by atoms with Gasteiger partial charge in [0.2, 0.25) is 0 Å². The van der Waals surface area contributed by atoms with Gasteiger partial charge in [-0.05, 0) is 47.4 Å². The average Bonchev–Trinajstić information content (AvgIpc) is 2.73. The molecule has 0 aliphatic heterocycles. The largest absolute Gasteiger partial charge is 0.493 e. The number of hydrogen-bond acceptors (Lipinski definition) is 6. The van der Waals surface area contributed by atoms with Gasteiger partial charge in [-0.15, -0.1) is 0 Å². The highest BCUT2D eigenvalue weighted by Crippen LogP contribution is 2.32. The summed E-state index contributed by atoms with van der Waals surface area (Å²) in [4.78, 5) is 0.0908. The molecule has 7 nitrogen and oxygen atoms in total. The van der Waals surface area contributed by atoms with Crippen LogP contribution in [0.5, 0.6) is 11.5 Å². The summed E-state index contributed by atoms with van der Waals surface area (Å²) in [5.41, 5.74) is 3.30. The zero-order chi connectivity index (χ0) is 20.9. The van der Waals surface area contributed by atoms with E-state index in [9.17, 15) is 8.42 Å². The first-order valence-corrected chi connectivity index (χ1v) is 10.4. The second-order valence-corrected chi connectivity index (χ2v) is 7.80. The van der Waals surface area contributed by atoms with Crippen LogP contribution in [0.15, 0.2) is 70.7 Å². The zero-order valence-electron chi connectivity index (χ0n) is 15.7. The third-order valence-electron chi connectivity index (χ3n) is 4.01. The summed E-state index contributed by atoms with van der Waals surface area (Å²) in [5.74, 6) is 0.338. The van der Waals surface area contributed by atoms with E-state index in [1.165, 1.54) is 25.5 Å². The monoisotopic (exact) mass is 429 g/mol. The van der Waals surface area contributed by atoms with Gasteiger partial charge >= 0.3 is 10.1 Å². The van der Waals surface area contributed by atoms with Gasteiger partial charge in [0.15, 0.2) is 16.6 Å². The van der Waals surface area contributed by atoms with Crippen LogP contribution < -0.4 is 19.7 Å². The van der Waals surface area contributed by atoms with Crippen molar-refractivity contribution in [3.63, 3.8) is 0 Å². The van der Waals surface area contributed by atoms with Gasteiger partial charge < -0.3 is 14.2 Å². The number of hydrogen-bond donors (Lipinski definition) is 2. The second kappa shape index (κ2) is 8.89. The van der Waals surface area contributed by atoms with E-state index in [1.54, 1.807) is 37.4 Å². The minimum atomic E-state index is -4.07. The van der Waals surface area contributed by atoms with Crippen molar-refractivity contribution >= 4 is 44.4 Å². The van der Waals surface area contributed by atoms with E-state index < -0.39 is 10.1 Å². The molecule has 0 bridgehead atoms. The Bertz CT molecular complexity index is 1170. The minimum absolute atomic E-state index is 0.0799. The van der Waals surface area contributed by atoms with Crippen LogP contribution in [0.1, 0.15) is 5.56 Å². The molecule has 0 saturated heterocycles. The van der Waals surface area contributed by atoms with E-state index in [4.69, 9.17) is 21.1 Å².